The van der Waals surface area contributed by atoms with E-state index in [1.54, 1.807) is 12.1 Å². The van der Waals surface area contributed by atoms with Gasteiger partial charge in [0.25, 0.3) is 5.91 Å². The number of carbonyl (C=O) groups is 1. The third-order valence-electron chi connectivity index (χ3n) is 4.41. The van der Waals surface area contributed by atoms with Crippen molar-refractivity contribution in [3.05, 3.63) is 53.1 Å². The van der Waals surface area contributed by atoms with E-state index in [1.807, 2.05) is 18.2 Å². The number of hydrogen-bond acceptors (Lipinski definition) is 5. The summed E-state index contributed by atoms with van der Waals surface area (Å²) in [7, 11) is 4.54. The van der Waals surface area contributed by atoms with Gasteiger partial charge in [-0.1, -0.05) is 24.3 Å². The first kappa shape index (κ1) is 17.8. The summed E-state index contributed by atoms with van der Waals surface area (Å²) in [6, 6.07) is 11.4. The minimum absolute atomic E-state index is 0.334. The highest BCUT2D eigenvalue weighted by Gasteiger charge is 2.18. The zero-order valence-corrected chi connectivity index (χ0v) is 15.2. The molecule has 0 unspecified atom stereocenters. The average molecular weight is 354 g/mol. The molecule has 1 N–H and O–H groups in total. The fraction of sp³-hybridized carbons (Fsp3) is 0.300. The summed E-state index contributed by atoms with van der Waals surface area (Å²) in [5.41, 5.74) is 6.29. The molecule has 0 bridgehead atoms. The largest absolute Gasteiger partial charge is 0.493 e. The topological polar surface area (TPSA) is 69.2 Å². The summed E-state index contributed by atoms with van der Waals surface area (Å²) in [5, 5.41) is 4.36. The van der Waals surface area contributed by atoms with Crippen molar-refractivity contribution in [2.24, 2.45) is 5.10 Å². The Labute approximate surface area is 152 Å². The van der Waals surface area contributed by atoms with Gasteiger partial charge in [-0.3, -0.25) is 4.79 Å². The molecule has 2 aromatic rings. The second-order valence-corrected chi connectivity index (χ2v) is 5.92. The van der Waals surface area contributed by atoms with Crippen LogP contribution in [0.25, 0.3) is 0 Å². The molecule has 0 aliphatic heterocycles. The molecular weight excluding hydrogens is 332 g/mol. The van der Waals surface area contributed by atoms with Crippen LogP contribution in [0, 0.1) is 0 Å². The standard InChI is InChI=1S/C20H22N2O4/c1-24-17-11-14(12-18(25-2)19(17)26-3)20(23)22-21-16-10-6-8-13-7-4-5-9-15(13)16/h4-5,7,9,11-12H,6,8,10H2,1-3H3,(H,22,23). The van der Waals surface area contributed by atoms with Crippen molar-refractivity contribution >= 4 is 11.6 Å². The Kier molecular flexibility index (Phi) is 5.41. The van der Waals surface area contributed by atoms with Gasteiger partial charge in [0, 0.05) is 11.1 Å². The van der Waals surface area contributed by atoms with Gasteiger partial charge in [0.1, 0.15) is 0 Å². The molecule has 0 aromatic heterocycles. The van der Waals surface area contributed by atoms with E-state index in [0.29, 0.717) is 22.8 Å². The Morgan fingerprint density at radius 2 is 1.69 bits per heavy atom. The molecule has 3 rings (SSSR count). The number of aryl methyl sites for hydroxylation is 1. The normalized spacial score (nSPS) is 14.5. The number of methoxy groups -OCH3 is 3. The Bertz CT molecular complexity index is 820. The third kappa shape index (κ3) is 3.49. The highest BCUT2D eigenvalue weighted by atomic mass is 16.5. The Balaban J connectivity index is 1.85. The quantitative estimate of drug-likeness (QED) is 0.838. The van der Waals surface area contributed by atoms with Crippen molar-refractivity contribution in [2.45, 2.75) is 19.3 Å². The number of fused-ring (bicyclic) bond motifs is 1. The molecule has 1 aliphatic rings. The van der Waals surface area contributed by atoms with E-state index in [0.717, 1.165) is 30.5 Å². The lowest BCUT2D eigenvalue weighted by Crippen LogP contribution is -2.22. The summed E-state index contributed by atoms with van der Waals surface area (Å²) in [5.74, 6) is 0.958. The van der Waals surface area contributed by atoms with Gasteiger partial charge in [-0.25, -0.2) is 5.43 Å². The van der Waals surface area contributed by atoms with Gasteiger partial charge in [-0.2, -0.15) is 5.10 Å². The monoisotopic (exact) mass is 354 g/mol. The van der Waals surface area contributed by atoms with Crippen LogP contribution < -0.4 is 19.6 Å². The highest BCUT2D eigenvalue weighted by molar-refractivity contribution is 6.04. The number of hydrogen-bond donors (Lipinski definition) is 1. The highest BCUT2D eigenvalue weighted by Crippen LogP contribution is 2.38. The molecule has 0 spiro atoms. The fourth-order valence-electron chi connectivity index (χ4n) is 3.11. The number of carbonyl (C=O) groups excluding carboxylic acids is 1. The number of ether oxygens (including phenoxy) is 3. The van der Waals surface area contributed by atoms with Gasteiger partial charge < -0.3 is 14.2 Å². The molecule has 0 fully saturated rings. The Morgan fingerprint density at radius 3 is 2.35 bits per heavy atom. The van der Waals surface area contributed by atoms with Crippen LogP contribution in [0.5, 0.6) is 17.2 Å². The van der Waals surface area contributed by atoms with Crippen molar-refractivity contribution in [1.82, 2.24) is 5.43 Å². The van der Waals surface area contributed by atoms with Gasteiger partial charge >= 0.3 is 0 Å². The van der Waals surface area contributed by atoms with Gasteiger partial charge in [-0.05, 0) is 37.0 Å². The fourth-order valence-corrected chi connectivity index (χ4v) is 3.11. The molecular formula is C20H22N2O4. The van der Waals surface area contributed by atoms with Crippen LogP contribution >= 0.6 is 0 Å². The van der Waals surface area contributed by atoms with Crippen LogP contribution in [0.4, 0.5) is 0 Å². The predicted molar refractivity (Wildman–Crippen MR) is 99.5 cm³/mol. The first-order chi connectivity index (χ1) is 12.7. The van der Waals surface area contributed by atoms with E-state index < -0.39 is 0 Å². The summed E-state index contributed by atoms with van der Waals surface area (Å²) in [6.07, 6.45) is 2.90. The van der Waals surface area contributed by atoms with Crippen LogP contribution in [-0.4, -0.2) is 32.9 Å². The molecule has 136 valence electrons. The van der Waals surface area contributed by atoms with E-state index in [-0.39, 0.29) is 5.91 Å². The lowest BCUT2D eigenvalue weighted by molar-refractivity contribution is 0.0954. The maximum Gasteiger partial charge on any atom is 0.271 e. The van der Waals surface area contributed by atoms with Crippen molar-refractivity contribution in [3.8, 4) is 17.2 Å². The van der Waals surface area contributed by atoms with E-state index >= 15 is 0 Å². The van der Waals surface area contributed by atoms with E-state index in [9.17, 15) is 4.79 Å². The summed E-state index contributed by atoms with van der Waals surface area (Å²) in [6.45, 7) is 0. The molecule has 0 radical (unpaired) electrons. The number of amides is 1. The van der Waals surface area contributed by atoms with Crippen LogP contribution in [0.1, 0.15) is 34.3 Å². The van der Waals surface area contributed by atoms with Crippen molar-refractivity contribution in [3.63, 3.8) is 0 Å². The third-order valence-corrected chi connectivity index (χ3v) is 4.41. The molecule has 0 saturated carbocycles. The van der Waals surface area contributed by atoms with Gasteiger partial charge in [0.2, 0.25) is 5.75 Å². The zero-order valence-electron chi connectivity index (χ0n) is 15.2. The Morgan fingerprint density at radius 1 is 1.00 bits per heavy atom. The lowest BCUT2D eigenvalue weighted by Gasteiger charge is -2.17. The summed E-state index contributed by atoms with van der Waals surface area (Å²) in [4.78, 5) is 12.6. The van der Waals surface area contributed by atoms with Crippen molar-refractivity contribution in [2.75, 3.05) is 21.3 Å². The predicted octanol–water partition coefficient (Wildman–Crippen LogP) is 3.18. The minimum atomic E-state index is -0.334. The lowest BCUT2D eigenvalue weighted by atomic mass is 9.90. The Hall–Kier alpha value is -3.02. The molecule has 6 nitrogen and oxygen atoms in total. The second kappa shape index (κ2) is 7.91. The maximum absolute atomic E-state index is 12.6. The van der Waals surface area contributed by atoms with Crippen LogP contribution in [0.15, 0.2) is 41.5 Å². The molecule has 0 atom stereocenters. The molecule has 0 saturated heterocycles. The number of nitrogens with one attached hydrogen (secondary N) is 1. The van der Waals surface area contributed by atoms with Crippen molar-refractivity contribution < 1.29 is 19.0 Å². The van der Waals surface area contributed by atoms with Gasteiger partial charge in [-0.15, -0.1) is 0 Å². The smallest absolute Gasteiger partial charge is 0.271 e. The minimum Gasteiger partial charge on any atom is -0.493 e. The van der Waals surface area contributed by atoms with Crippen LogP contribution in [0.3, 0.4) is 0 Å². The SMILES string of the molecule is COc1cc(C(=O)NN=C2CCCc3ccccc32)cc(OC)c1OC. The zero-order chi connectivity index (χ0) is 18.5. The van der Waals surface area contributed by atoms with Gasteiger partial charge in [0.05, 0.1) is 27.0 Å². The van der Waals surface area contributed by atoms with Gasteiger partial charge in [0.15, 0.2) is 11.5 Å². The van der Waals surface area contributed by atoms with E-state index in [2.05, 4.69) is 16.6 Å². The van der Waals surface area contributed by atoms with Crippen molar-refractivity contribution in [1.29, 1.82) is 0 Å². The van der Waals surface area contributed by atoms with Crippen LogP contribution in [-0.2, 0) is 6.42 Å². The summed E-state index contributed by atoms with van der Waals surface area (Å²) < 4.78 is 15.9. The molecule has 1 amide bonds. The van der Waals surface area contributed by atoms with Crippen LogP contribution in [0.2, 0.25) is 0 Å². The van der Waals surface area contributed by atoms with E-state index in [4.69, 9.17) is 14.2 Å². The molecule has 0 heterocycles. The average Bonchev–Trinajstić information content (AvgIpc) is 2.70. The molecule has 6 heteroatoms. The van der Waals surface area contributed by atoms with E-state index in [1.165, 1.54) is 26.9 Å². The first-order valence-electron chi connectivity index (χ1n) is 8.43. The number of hydrazone groups is 1. The molecule has 26 heavy (non-hydrogen) atoms. The number of nitrogens with zero attached hydrogens (tertiary/aromatic N) is 1. The summed E-state index contributed by atoms with van der Waals surface area (Å²) >= 11 is 0. The molecule has 1 aliphatic carbocycles. The number of rotatable bonds is 5. The number of benzene rings is 2. The maximum atomic E-state index is 12.6. The second-order valence-electron chi connectivity index (χ2n) is 5.92. The molecule has 2 aromatic carbocycles. The first-order valence-corrected chi connectivity index (χ1v) is 8.43.